The highest BCUT2D eigenvalue weighted by Gasteiger charge is 2.24. The number of ether oxygens (including phenoxy) is 1. The fraction of sp³-hybridized carbons (Fsp3) is 0.375. The molecule has 0 aliphatic carbocycles. The SMILES string of the molecule is CCc1cc2c(c(C)c(C(=O)NC(C)COC)n2C)c(=O)n1CC(=O)c1ccccc1. The predicted octanol–water partition coefficient (Wildman–Crippen LogP) is 2.86. The van der Waals surface area contributed by atoms with E-state index in [9.17, 15) is 14.4 Å². The van der Waals surface area contributed by atoms with Gasteiger partial charge in [0.2, 0.25) is 0 Å². The zero-order valence-electron chi connectivity index (χ0n) is 18.7. The van der Waals surface area contributed by atoms with Crippen LogP contribution in [0.25, 0.3) is 10.9 Å². The Kier molecular flexibility index (Phi) is 6.75. The van der Waals surface area contributed by atoms with E-state index < -0.39 is 0 Å². The van der Waals surface area contributed by atoms with Crippen LogP contribution in [0, 0.1) is 6.92 Å². The second-order valence-corrected chi connectivity index (χ2v) is 7.79. The molecule has 1 atom stereocenters. The lowest BCUT2D eigenvalue weighted by Gasteiger charge is -2.14. The molecule has 1 aromatic carbocycles. The lowest BCUT2D eigenvalue weighted by atomic mass is 10.1. The minimum absolute atomic E-state index is 0.0390. The highest BCUT2D eigenvalue weighted by Crippen LogP contribution is 2.23. The van der Waals surface area contributed by atoms with Crippen molar-refractivity contribution in [1.82, 2.24) is 14.5 Å². The van der Waals surface area contributed by atoms with Crippen molar-refractivity contribution in [2.45, 2.75) is 39.8 Å². The third-order valence-corrected chi connectivity index (χ3v) is 5.56. The molecule has 0 aliphatic heterocycles. The molecule has 164 valence electrons. The Morgan fingerprint density at radius 1 is 1.19 bits per heavy atom. The molecule has 2 heterocycles. The lowest BCUT2D eigenvalue weighted by molar-refractivity contribution is 0.0896. The van der Waals surface area contributed by atoms with E-state index in [1.165, 1.54) is 4.57 Å². The summed E-state index contributed by atoms with van der Waals surface area (Å²) in [7, 11) is 3.36. The highest BCUT2D eigenvalue weighted by atomic mass is 16.5. The number of aryl methyl sites for hydroxylation is 3. The van der Waals surface area contributed by atoms with Gasteiger partial charge in [0.1, 0.15) is 5.69 Å². The van der Waals surface area contributed by atoms with E-state index in [-0.39, 0.29) is 29.8 Å². The molecule has 0 saturated carbocycles. The van der Waals surface area contributed by atoms with Gasteiger partial charge in [0, 0.05) is 31.5 Å². The fourth-order valence-corrected chi connectivity index (χ4v) is 4.02. The first kappa shape index (κ1) is 22.5. The molecule has 1 unspecified atom stereocenters. The van der Waals surface area contributed by atoms with Gasteiger partial charge in [0.15, 0.2) is 5.78 Å². The zero-order valence-corrected chi connectivity index (χ0v) is 18.7. The smallest absolute Gasteiger partial charge is 0.268 e. The summed E-state index contributed by atoms with van der Waals surface area (Å²) in [5.41, 5.74) is 2.79. The topological polar surface area (TPSA) is 82.3 Å². The van der Waals surface area contributed by atoms with Crippen LogP contribution in [0.1, 0.15) is 46.0 Å². The molecule has 0 radical (unpaired) electrons. The number of rotatable bonds is 8. The number of benzene rings is 1. The number of ketones is 1. The highest BCUT2D eigenvalue weighted by molar-refractivity contribution is 6.02. The number of amides is 1. The van der Waals surface area contributed by atoms with E-state index in [1.807, 2.05) is 26.0 Å². The summed E-state index contributed by atoms with van der Waals surface area (Å²) in [6, 6.07) is 10.7. The number of nitrogens with one attached hydrogen (secondary N) is 1. The van der Waals surface area contributed by atoms with Crippen LogP contribution in [0.2, 0.25) is 0 Å². The van der Waals surface area contributed by atoms with Crippen molar-refractivity contribution in [3.8, 4) is 0 Å². The summed E-state index contributed by atoms with van der Waals surface area (Å²) in [5.74, 6) is -0.387. The first-order valence-corrected chi connectivity index (χ1v) is 10.4. The number of fused-ring (bicyclic) bond motifs is 1. The number of hydrogen-bond acceptors (Lipinski definition) is 4. The van der Waals surface area contributed by atoms with Crippen molar-refractivity contribution >= 4 is 22.6 Å². The molecule has 2 aromatic heterocycles. The normalized spacial score (nSPS) is 12.2. The largest absolute Gasteiger partial charge is 0.383 e. The molecule has 0 bridgehead atoms. The van der Waals surface area contributed by atoms with Crippen LogP contribution in [0.5, 0.6) is 0 Å². The summed E-state index contributed by atoms with van der Waals surface area (Å²) in [5, 5.41) is 3.37. The Balaban J connectivity index is 2.09. The second kappa shape index (κ2) is 9.31. The van der Waals surface area contributed by atoms with E-state index in [1.54, 1.807) is 49.9 Å². The summed E-state index contributed by atoms with van der Waals surface area (Å²) in [4.78, 5) is 39.1. The average Bonchev–Trinajstić information content (AvgIpc) is 3.00. The summed E-state index contributed by atoms with van der Waals surface area (Å²) in [6.07, 6.45) is 0.587. The van der Waals surface area contributed by atoms with Gasteiger partial charge in [-0.3, -0.25) is 14.4 Å². The third-order valence-electron chi connectivity index (χ3n) is 5.56. The maximum absolute atomic E-state index is 13.5. The van der Waals surface area contributed by atoms with Gasteiger partial charge < -0.3 is 19.2 Å². The molecule has 7 heteroatoms. The maximum Gasteiger partial charge on any atom is 0.268 e. The van der Waals surface area contributed by atoms with E-state index in [0.29, 0.717) is 40.8 Å². The van der Waals surface area contributed by atoms with Crippen molar-refractivity contribution < 1.29 is 14.3 Å². The quantitative estimate of drug-likeness (QED) is 0.565. The van der Waals surface area contributed by atoms with Crippen LogP contribution in [0.3, 0.4) is 0 Å². The molecule has 0 saturated heterocycles. The number of methoxy groups -OCH3 is 1. The van der Waals surface area contributed by atoms with Gasteiger partial charge in [-0.05, 0) is 31.9 Å². The first-order chi connectivity index (χ1) is 14.8. The first-order valence-electron chi connectivity index (χ1n) is 10.4. The van der Waals surface area contributed by atoms with Crippen molar-refractivity contribution in [2.75, 3.05) is 13.7 Å². The summed E-state index contributed by atoms with van der Waals surface area (Å²) in [6.45, 7) is 5.93. The number of aromatic nitrogens is 2. The van der Waals surface area contributed by atoms with Crippen molar-refractivity contribution in [2.24, 2.45) is 7.05 Å². The van der Waals surface area contributed by atoms with Crippen molar-refractivity contribution in [1.29, 1.82) is 0 Å². The van der Waals surface area contributed by atoms with Crippen LogP contribution < -0.4 is 10.9 Å². The Morgan fingerprint density at radius 2 is 1.87 bits per heavy atom. The number of pyridine rings is 1. The monoisotopic (exact) mass is 423 g/mol. The molecule has 1 N–H and O–H groups in total. The molecule has 1 amide bonds. The molecule has 31 heavy (non-hydrogen) atoms. The van der Waals surface area contributed by atoms with E-state index >= 15 is 0 Å². The van der Waals surface area contributed by atoms with Gasteiger partial charge in [-0.1, -0.05) is 37.3 Å². The molecular formula is C24H29N3O4. The van der Waals surface area contributed by atoms with Crippen LogP contribution in [0.15, 0.2) is 41.2 Å². The van der Waals surface area contributed by atoms with Crippen LogP contribution in [-0.4, -0.2) is 40.6 Å². The van der Waals surface area contributed by atoms with E-state index in [2.05, 4.69) is 5.32 Å². The van der Waals surface area contributed by atoms with Gasteiger partial charge in [0.05, 0.1) is 24.1 Å². The van der Waals surface area contributed by atoms with Gasteiger partial charge >= 0.3 is 0 Å². The zero-order chi connectivity index (χ0) is 22.7. The maximum atomic E-state index is 13.5. The summed E-state index contributed by atoms with van der Waals surface area (Å²) >= 11 is 0. The van der Waals surface area contributed by atoms with Crippen molar-refractivity contribution in [3.63, 3.8) is 0 Å². The van der Waals surface area contributed by atoms with Crippen LogP contribution >= 0.6 is 0 Å². The Morgan fingerprint density at radius 3 is 2.48 bits per heavy atom. The molecule has 0 fully saturated rings. The van der Waals surface area contributed by atoms with E-state index in [4.69, 9.17) is 4.74 Å². The van der Waals surface area contributed by atoms with Crippen molar-refractivity contribution in [3.05, 3.63) is 69.3 Å². The Hall–Kier alpha value is -3.19. The second-order valence-electron chi connectivity index (χ2n) is 7.79. The van der Waals surface area contributed by atoms with Crippen LogP contribution in [-0.2, 0) is 24.8 Å². The third kappa shape index (κ3) is 4.32. The lowest BCUT2D eigenvalue weighted by Crippen LogP contribution is -2.36. The Bertz CT molecular complexity index is 1180. The average molecular weight is 424 g/mol. The number of nitrogens with zero attached hydrogens (tertiary/aromatic N) is 2. The number of carbonyl (C=O) groups is 2. The summed E-state index contributed by atoms with van der Waals surface area (Å²) < 4.78 is 8.37. The molecular weight excluding hydrogens is 394 g/mol. The molecule has 0 aliphatic rings. The molecule has 3 rings (SSSR count). The van der Waals surface area contributed by atoms with Crippen LogP contribution in [0.4, 0.5) is 0 Å². The fourth-order valence-electron chi connectivity index (χ4n) is 4.02. The van der Waals surface area contributed by atoms with Gasteiger partial charge in [-0.25, -0.2) is 0 Å². The number of Topliss-reactive ketones (excluding diaryl/α,β-unsaturated/α-hetero) is 1. The minimum atomic E-state index is -0.259. The standard InChI is InChI=1S/C24H29N3O4/c1-6-18-12-19-21(16(3)22(26(19)4)23(29)25-15(2)14-31-5)24(30)27(18)13-20(28)17-10-8-7-9-11-17/h7-12,15H,6,13-14H2,1-5H3,(H,25,29). The van der Waals surface area contributed by atoms with Gasteiger partial charge in [0.25, 0.3) is 11.5 Å². The minimum Gasteiger partial charge on any atom is -0.383 e. The number of hydrogen-bond donors (Lipinski definition) is 1. The Labute approximate surface area is 181 Å². The van der Waals surface area contributed by atoms with Gasteiger partial charge in [-0.15, -0.1) is 0 Å². The number of carbonyl (C=O) groups excluding carboxylic acids is 2. The molecule has 3 aromatic rings. The molecule has 0 spiro atoms. The van der Waals surface area contributed by atoms with Gasteiger partial charge in [-0.2, -0.15) is 0 Å². The molecule has 7 nitrogen and oxygen atoms in total. The predicted molar refractivity (Wildman–Crippen MR) is 121 cm³/mol. The van der Waals surface area contributed by atoms with E-state index in [0.717, 1.165) is 5.69 Å².